The van der Waals surface area contributed by atoms with Crippen molar-refractivity contribution in [2.75, 3.05) is 0 Å². The molecule has 0 spiro atoms. The van der Waals surface area contributed by atoms with Gasteiger partial charge < -0.3 is 0 Å². The summed E-state index contributed by atoms with van der Waals surface area (Å²) in [6, 6.07) is 0. The Kier molecular flexibility index (Phi) is 2.14. The summed E-state index contributed by atoms with van der Waals surface area (Å²) < 4.78 is 0. The van der Waals surface area contributed by atoms with Crippen molar-refractivity contribution in [1.29, 1.82) is 0 Å². The molecule has 0 bridgehead atoms. The Morgan fingerprint density at radius 1 is 1.53 bits per heavy atom. The zero-order valence-corrected chi connectivity index (χ0v) is 9.85. The second-order valence-electron chi connectivity index (χ2n) is 3.88. The van der Waals surface area contributed by atoms with Crippen molar-refractivity contribution in [3.8, 4) is 0 Å². The molecule has 0 radical (unpaired) electrons. The maximum atomic E-state index is 5.96. The molecule has 2 heterocycles. The second kappa shape index (κ2) is 3.39. The molecule has 78 valence electrons. The van der Waals surface area contributed by atoms with Crippen molar-refractivity contribution in [1.82, 2.24) is 15.0 Å². The maximum absolute atomic E-state index is 5.96. The van der Waals surface area contributed by atoms with Crippen LogP contribution in [0.5, 0.6) is 0 Å². The molecular weight excluding hydrogens is 230 g/mol. The molecule has 1 aliphatic rings. The smallest absolute Gasteiger partial charge is 0.159 e. The zero-order valence-electron chi connectivity index (χ0n) is 8.27. The van der Waals surface area contributed by atoms with Crippen molar-refractivity contribution >= 4 is 33.3 Å². The summed E-state index contributed by atoms with van der Waals surface area (Å²) in [5, 5.41) is 1.65. The average molecular weight is 240 g/mol. The Morgan fingerprint density at radius 2 is 2.40 bits per heavy atom. The van der Waals surface area contributed by atoms with Gasteiger partial charge in [-0.15, -0.1) is 0 Å². The second-order valence-corrected chi connectivity index (χ2v) is 5.25. The minimum Gasteiger partial charge on any atom is -0.236 e. The number of halogens is 1. The fraction of sp³-hybridized carbons (Fsp3) is 0.500. The molecule has 0 aromatic carbocycles. The number of hydrogen-bond donors (Lipinski definition) is 0. The summed E-state index contributed by atoms with van der Waals surface area (Å²) in [6.07, 6.45) is 4.00. The summed E-state index contributed by atoms with van der Waals surface area (Å²) in [6.45, 7) is 2.23. The first kappa shape index (κ1) is 9.48. The standard InChI is InChI=1S/C10H10ClN3S/c1-2-5-3-6(5)9-14-7-8(11)12-4-13-10(7)15-9/h4-6H,2-3H2,1H3. The molecule has 0 aliphatic heterocycles. The number of thiazole rings is 1. The van der Waals surface area contributed by atoms with E-state index in [1.54, 1.807) is 11.3 Å². The van der Waals surface area contributed by atoms with E-state index in [9.17, 15) is 0 Å². The van der Waals surface area contributed by atoms with Crippen LogP contribution in [-0.4, -0.2) is 15.0 Å². The molecule has 0 amide bonds. The minimum atomic E-state index is 0.469. The highest BCUT2D eigenvalue weighted by molar-refractivity contribution is 7.18. The van der Waals surface area contributed by atoms with E-state index in [0.717, 1.165) is 16.3 Å². The van der Waals surface area contributed by atoms with Crippen molar-refractivity contribution in [2.24, 2.45) is 5.92 Å². The third kappa shape index (κ3) is 1.52. The summed E-state index contributed by atoms with van der Waals surface area (Å²) in [7, 11) is 0. The van der Waals surface area contributed by atoms with Gasteiger partial charge in [-0.1, -0.05) is 36.3 Å². The van der Waals surface area contributed by atoms with E-state index in [2.05, 4.69) is 21.9 Å². The maximum Gasteiger partial charge on any atom is 0.159 e. The Bertz CT molecular complexity index is 510. The fourth-order valence-electron chi connectivity index (χ4n) is 1.90. The Hall–Kier alpha value is -0.740. The fourth-order valence-corrected chi connectivity index (χ4v) is 3.25. The normalized spacial score (nSPS) is 24.7. The zero-order chi connectivity index (χ0) is 10.4. The van der Waals surface area contributed by atoms with Gasteiger partial charge in [0.2, 0.25) is 0 Å². The van der Waals surface area contributed by atoms with E-state index in [1.165, 1.54) is 24.2 Å². The van der Waals surface area contributed by atoms with E-state index >= 15 is 0 Å². The molecule has 0 N–H and O–H groups in total. The summed E-state index contributed by atoms with van der Waals surface area (Å²) in [4.78, 5) is 13.6. The van der Waals surface area contributed by atoms with E-state index in [0.29, 0.717) is 11.1 Å². The predicted molar refractivity (Wildman–Crippen MR) is 61.4 cm³/mol. The molecule has 2 aromatic heterocycles. The van der Waals surface area contributed by atoms with Gasteiger partial charge in [0.25, 0.3) is 0 Å². The highest BCUT2D eigenvalue weighted by Gasteiger charge is 2.39. The third-order valence-electron chi connectivity index (χ3n) is 2.93. The van der Waals surface area contributed by atoms with Crippen LogP contribution in [0.1, 0.15) is 30.7 Å². The largest absolute Gasteiger partial charge is 0.236 e. The summed E-state index contributed by atoms with van der Waals surface area (Å²) in [5.74, 6) is 1.46. The van der Waals surface area contributed by atoms with Crippen LogP contribution >= 0.6 is 22.9 Å². The molecule has 0 saturated heterocycles. The van der Waals surface area contributed by atoms with E-state index in [4.69, 9.17) is 11.6 Å². The van der Waals surface area contributed by atoms with Gasteiger partial charge >= 0.3 is 0 Å². The van der Waals surface area contributed by atoms with Crippen molar-refractivity contribution in [3.63, 3.8) is 0 Å². The van der Waals surface area contributed by atoms with Gasteiger partial charge in [0.1, 0.15) is 16.7 Å². The Balaban J connectivity index is 2.04. The van der Waals surface area contributed by atoms with Gasteiger partial charge in [0.15, 0.2) is 5.15 Å². The highest BCUT2D eigenvalue weighted by Crippen LogP contribution is 2.51. The van der Waals surface area contributed by atoms with Crippen LogP contribution in [-0.2, 0) is 0 Å². The van der Waals surface area contributed by atoms with Gasteiger partial charge in [0.05, 0.1) is 5.01 Å². The molecular formula is C10H10ClN3S. The molecule has 2 atom stereocenters. The predicted octanol–water partition coefficient (Wildman–Crippen LogP) is 3.25. The number of hydrogen-bond acceptors (Lipinski definition) is 4. The Morgan fingerprint density at radius 3 is 3.07 bits per heavy atom. The lowest BCUT2D eigenvalue weighted by Gasteiger charge is -1.89. The van der Waals surface area contributed by atoms with E-state index < -0.39 is 0 Å². The summed E-state index contributed by atoms with van der Waals surface area (Å²) >= 11 is 7.61. The van der Waals surface area contributed by atoms with Crippen LogP contribution in [0.4, 0.5) is 0 Å². The number of aromatic nitrogens is 3. The SMILES string of the molecule is CCC1CC1c1nc2c(Cl)ncnc2s1. The van der Waals surface area contributed by atoms with Crippen LogP contribution in [0, 0.1) is 5.92 Å². The molecule has 1 aliphatic carbocycles. The van der Waals surface area contributed by atoms with E-state index in [1.807, 2.05) is 0 Å². The highest BCUT2D eigenvalue weighted by atomic mass is 35.5. The Labute approximate surface area is 96.5 Å². The molecule has 2 aromatic rings. The lowest BCUT2D eigenvalue weighted by Crippen LogP contribution is -1.82. The van der Waals surface area contributed by atoms with Gasteiger partial charge in [-0.3, -0.25) is 0 Å². The van der Waals surface area contributed by atoms with Crippen LogP contribution in [0.25, 0.3) is 10.3 Å². The first-order chi connectivity index (χ1) is 7.29. The molecule has 15 heavy (non-hydrogen) atoms. The van der Waals surface area contributed by atoms with Crippen molar-refractivity contribution in [3.05, 3.63) is 16.5 Å². The number of rotatable bonds is 2. The monoisotopic (exact) mass is 239 g/mol. The quantitative estimate of drug-likeness (QED) is 0.755. The number of nitrogens with zero attached hydrogens (tertiary/aromatic N) is 3. The molecule has 2 unspecified atom stereocenters. The molecule has 3 nitrogen and oxygen atoms in total. The van der Waals surface area contributed by atoms with Crippen LogP contribution < -0.4 is 0 Å². The molecule has 3 rings (SSSR count). The van der Waals surface area contributed by atoms with Crippen LogP contribution in [0.15, 0.2) is 6.33 Å². The lowest BCUT2D eigenvalue weighted by molar-refractivity contribution is 0.764. The lowest BCUT2D eigenvalue weighted by atomic mass is 10.3. The first-order valence-electron chi connectivity index (χ1n) is 5.06. The van der Waals surface area contributed by atoms with E-state index in [-0.39, 0.29) is 0 Å². The topological polar surface area (TPSA) is 38.7 Å². The summed E-state index contributed by atoms with van der Waals surface area (Å²) in [5.41, 5.74) is 0.765. The molecule has 1 saturated carbocycles. The first-order valence-corrected chi connectivity index (χ1v) is 6.26. The molecule has 1 fully saturated rings. The minimum absolute atomic E-state index is 0.469. The van der Waals surface area contributed by atoms with Crippen LogP contribution in [0.2, 0.25) is 5.15 Å². The van der Waals surface area contributed by atoms with Gasteiger partial charge in [-0.05, 0) is 12.3 Å². The van der Waals surface area contributed by atoms with Gasteiger partial charge in [-0.25, -0.2) is 15.0 Å². The molecule has 5 heteroatoms. The average Bonchev–Trinajstić information content (AvgIpc) is 2.90. The van der Waals surface area contributed by atoms with Gasteiger partial charge in [-0.2, -0.15) is 0 Å². The van der Waals surface area contributed by atoms with Gasteiger partial charge in [0, 0.05) is 5.92 Å². The van der Waals surface area contributed by atoms with Crippen molar-refractivity contribution < 1.29 is 0 Å². The number of fused-ring (bicyclic) bond motifs is 1. The van der Waals surface area contributed by atoms with Crippen molar-refractivity contribution in [2.45, 2.75) is 25.7 Å². The third-order valence-corrected chi connectivity index (χ3v) is 4.30. The van der Waals surface area contributed by atoms with Crippen LogP contribution in [0.3, 0.4) is 0 Å².